The lowest BCUT2D eigenvalue weighted by atomic mass is 10.2. The number of nitrogens with zero attached hydrogens (tertiary/aromatic N) is 1. The van der Waals surface area contributed by atoms with Crippen molar-refractivity contribution >= 4 is 22.1 Å². The summed E-state index contributed by atoms with van der Waals surface area (Å²) in [7, 11) is 1.60. The summed E-state index contributed by atoms with van der Waals surface area (Å²) in [6.07, 6.45) is 1.66. The third kappa shape index (κ3) is 5.58. The van der Waals surface area contributed by atoms with Crippen LogP contribution in [0, 0.1) is 0 Å². The minimum absolute atomic E-state index is 0.0451. The van der Waals surface area contributed by atoms with Gasteiger partial charge in [-0.15, -0.1) is 0 Å². The summed E-state index contributed by atoms with van der Waals surface area (Å²) >= 11 is 3.41. The highest BCUT2D eigenvalue weighted by atomic mass is 79.9. The lowest BCUT2D eigenvalue weighted by molar-refractivity contribution is 0.284. The van der Waals surface area contributed by atoms with Crippen molar-refractivity contribution in [1.29, 1.82) is 0 Å². The van der Waals surface area contributed by atoms with Crippen LogP contribution in [0.2, 0.25) is 0 Å². The Morgan fingerprint density at radius 2 is 1.96 bits per heavy atom. The van der Waals surface area contributed by atoms with Gasteiger partial charge in [0.25, 0.3) is 0 Å². The zero-order chi connectivity index (χ0) is 16.5. The molecule has 0 aliphatic heterocycles. The number of hydrogen-bond donors (Lipinski definition) is 2. The van der Waals surface area contributed by atoms with E-state index in [0.717, 1.165) is 15.6 Å². The molecule has 23 heavy (non-hydrogen) atoms. The summed E-state index contributed by atoms with van der Waals surface area (Å²) < 4.78 is 12.2. The quantitative estimate of drug-likeness (QED) is 0.421. The molecule has 0 aromatic heterocycles. The molecule has 0 spiro atoms. The Labute approximate surface area is 144 Å². The Morgan fingerprint density at radius 1 is 1.17 bits per heavy atom. The van der Waals surface area contributed by atoms with Gasteiger partial charge in [0.05, 0.1) is 26.5 Å². The highest BCUT2D eigenvalue weighted by Gasteiger charge is 2.05. The van der Waals surface area contributed by atoms with Gasteiger partial charge in [-0.1, -0.05) is 28.1 Å². The summed E-state index contributed by atoms with van der Waals surface area (Å²) in [6.45, 7) is 0.931. The van der Waals surface area contributed by atoms with Crippen molar-refractivity contribution in [2.45, 2.75) is 6.61 Å². The van der Waals surface area contributed by atoms with Crippen LogP contribution >= 0.6 is 15.9 Å². The average molecular weight is 379 g/mol. The molecule has 0 bridgehead atoms. The Balaban J connectivity index is 2.01. The molecule has 0 heterocycles. The van der Waals surface area contributed by atoms with Crippen LogP contribution in [0.25, 0.3) is 0 Å². The van der Waals surface area contributed by atoms with E-state index in [0.29, 0.717) is 24.7 Å². The Bertz CT molecular complexity index is 645. The third-order valence-electron chi connectivity index (χ3n) is 3.02. The number of aliphatic hydroxyl groups is 1. The maximum absolute atomic E-state index is 8.67. The van der Waals surface area contributed by atoms with Gasteiger partial charge < -0.3 is 20.0 Å². The first-order valence-corrected chi connectivity index (χ1v) is 7.94. The molecule has 0 fully saturated rings. The van der Waals surface area contributed by atoms with Crippen molar-refractivity contribution in [2.75, 3.05) is 20.3 Å². The van der Waals surface area contributed by atoms with Crippen molar-refractivity contribution in [1.82, 2.24) is 5.43 Å². The number of hydrazone groups is 1. The largest absolute Gasteiger partial charge is 0.493 e. The van der Waals surface area contributed by atoms with E-state index < -0.39 is 0 Å². The number of hydrogen-bond acceptors (Lipinski definition) is 5. The SMILES string of the molecule is COc1cc(/C=N/NCCO)ccc1OCc1ccc(Br)cc1. The second-order valence-corrected chi connectivity index (χ2v) is 5.63. The van der Waals surface area contributed by atoms with Crippen LogP contribution in [0.1, 0.15) is 11.1 Å². The minimum atomic E-state index is 0.0451. The van der Waals surface area contributed by atoms with Crippen molar-refractivity contribution in [2.24, 2.45) is 5.10 Å². The normalized spacial score (nSPS) is 10.7. The van der Waals surface area contributed by atoms with E-state index in [1.54, 1.807) is 13.3 Å². The smallest absolute Gasteiger partial charge is 0.161 e. The van der Waals surface area contributed by atoms with Gasteiger partial charge in [0, 0.05) is 4.47 Å². The molecule has 122 valence electrons. The summed E-state index contributed by atoms with van der Waals surface area (Å²) in [5.41, 5.74) is 4.69. The third-order valence-corrected chi connectivity index (χ3v) is 3.55. The average Bonchev–Trinajstić information content (AvgIpc) is 2.58. The Hall–Kier alpha value is -2.05. The number of methoxy groups -OCH3 is 1. The van der Waals surface area contributed by atoms with Gasteiger partial charge in [-0.25, -0.2) is 0 Å². The zero-order valence-electron chi connectivity index (χ0n) is 12.8. The van der Waals surface area contributed by atoms with Crippen LogP contribution in [0.4, 0.5) is 0 Å². The van der Waals surface area contributed by atoms with Crippen molar-refractivity contribution in [3.63, 3.8) is 0 Å². The number of rotatable bonds is 8. The molecule has 2 aromatic carbocycles. The Morgan fingerprint density at radius 3 is 2.65 bits per heavy atom. The van der Waals surface area contributed by atoms with E-state index in [4.69, 9.17) is 14.6 Å². The van der Waals surface area contributed by atoms with Crippen LogP contribution in [-0.4, -0.2) is 31.6 Å². The lowest BCUT2D eigenvalue weighted by Gasteiger charge is -2.11. The number of benzene rings is 2. The van der Waals surface area contributed by atoms with Gasteiger partial charge in [0.15, 0.2) is 11.5 Å². The molecular weight excluding hydrogens is 360 g/mol. The van der Waals surface area contributed by atoms with Gasteiger partial charge in [0.1, 0.15) is 6.61 Å². The molecule has 0 aliphatic carbocycles. The van der Waals surface area contributed by atoms with Crippen LogP contribution < -0.4 is 14.9 Å². The van der Waals surface area contributed by atoms with E-state index in [9.17, 15) is 0 Å². The van der Waals surface area contributed by atoms with Crippen molar-refractivity contribution in [3.8, 4) is 11.5 Å². The first-order valence-electron chi connectivity index (χ1n) is 7.15. The van der Waals surface area contributed by atoms with E-state index in [1.165, 1.54) is 0 Å². The number of nitrogens with one attached hydrogen (secondary N) is 1. The van der Waals surface area contributed by atoms with Gasteiger partial charge in [0.2, 0.25) is 0 Å². The van der Waals surface area contributed by atoms with Gasteiger partial charge in [-0.3, -0.25) is 0 Å². The predicted octanol–water partition coefficient (Wildman–Crippen LogP) is 2.95. The summed E-state index contributed by atoms with van der Waals surface area (Å²) in [5, 5.41) is 12.7. The minimum Gasteiger partial charge on any atom is -0.493 e. The maximum Gasteiger partial charge on any atom is 0.161 e. The van der Waals surface area contributed by atoms with E-state index in [1.807, 2.05) is 42.5 Å². The number of ether oxygens (including phenoxy) is 2. The summed E-state index contributed by atoms with van der Waals surface area (Å²) in [6, 6.07) is 13.6. The van der Waals surface area contributed by atoms with Gasteiger partial charge >= 0.3 is 0 Å². The van der Waals surface area contributed by atoms with Crippen LogP contribution in [-0.2, 0) is 6.61 Å². The molecule has 0 unspecified atom stereocenters. The fourth-order valence-corrected chi connectivity index (χ4v) is 2.12. The van der Waals surface area contributed by atoms with Crippen LogP contribution in [0.3, 0.4) is 0 Å². The molecule has 0 radical (unpaired) electrons. The second kappa shape index (κ2) is 9.17. The van der Waals surface area contributed by atoms with E-state index in [-0.39, 0.29) is 6.61 Å². The fourth-order valence-electron chi connectivity index (χ4n) is 1.86. The maximum atomic E-state index is 8.67. The predicted molar refractivity (Wildman–Crippen MR) is 94.2 cm³/mol. The molecule has 0 aliphatic rings. The summed E-state index contributed by atoms with van der Waals surface area (Å²) in [4.78, 5) is 0. The van der Waals surface area contributed by atoms with Crippen molar-refractivity contribution < 1.29 is 14.6 Å². The monoisotopic (exact) mass is 378 g/mol. The zero-order valence-corrected chi connectivity index (χ0v) is 14.4. The van der Waals surface area contributed by atoms with E-state index >= 15 is 0 Å². The first kappa shape index (κ1) is 17.3. The Kier molecular flexibility index (Phi) is 6.90. The van der Waals surface area contributed by atoms with Crippen molar-refractivity contribution in [3.05, 3.63) is 58.1 Å². The highest BCUT2D eigenvalue weighted by Crippen LogP contribution is 2.28. The first-order chi connectivity index (χ1) is 11.2. The molecule has 6 heteroatoms. The molecular formula is C17H19BrN2O3. The molecule has 2 aromatic rings. The lowest BCUT2D eigenvalue weighted by Crippen LogP contribution is -2.11. The highest BCUT2D eigenvalue weighted by molar-refractivity contribution is 9.10. The van der Waals surface area contributed by atoms with E-state index in [2.05, 4.69) is 26.5 Å². The molecule has 5 nitrogen and oxygen atoms in total. The standard InChI is InChI=1S/C17H19BrN2O3/c1-22-17-10-14(11-20-19-8-9-21)4-7-16(17)23-12-13-2-5-15(18)6-3-13/h2-7,10-11,19,21H,8-9,12H2,1H3/b20-11+. The fraction of sp³-hybridized carbons (Fsp3) is 0.235. The van der Waals surface area contributed by atoms with Gasteiger partial charge in [-0.05, 0) is 41.5 Å². The molecule has 0 saturated carbocycles. The molecule has 2 N–H and O–H groups in total. The van der Waals surface area contributed by atoms with Crippen LogP contribution in [0.5, 0.6) is 11.5 Å². The van der Waals surface area contributed by atoms with Crippen LogP contribution in [0.15, 0.2) is 52.0 Å². The number of halogens is 1. The number of aliphatic hydroxyl groups excluding tert-OH is 1. The molecule has 0 amide bonds. The second-order valence-electron chi connectivity index (χ2n) is 4.72. The molecule has 0 atom stereocenters. The van der Waals surface area contributed by atoms with Gasteiger partial charge in [-0.2, -0.15) is 5.10 Å². The molecule has 2 rings (SSSR count). The molecule has 0 saturated heterocycles. The summed E-state index contributed by atoms with van der Waals surface area (Å²) in [5.74, 6) is 1.32. The topological polar surface area (TPSA) is 63.1 Å².